The number of rotatable bonds is 16. The van der Waals surface area contributed by atoms with Crippen LogP contribution in [-0.2, 0) is 9.47 Å². The number of hydrogen-bond acceptors (Lipinski definition) is 8. The molecule has 0 saturated carbocycles. The van der Waals surface area contributed by atoms with Crippen LogP contribution in [0.25, 0.3) is 11.0 Å². The minimum absolute atomic E-state index is 0.0481. The standard InChI is InChI=1S/C32H50N6O3/c1-24(2)33-16-20-38(25(3)21-28(41-6)13-11-26(4)40-5)27-12-14-29-30(22-27)36-31(23-35-29)32(39)34-15-10-19-37-17-8-7-9-18-37/h11-12,14,21-25,33H,7-10,13,15-20H2,1-6H3,(H,34,39)/b26-11+,28-21+. The summed E-state index contributed by atoms with van der Waals surface area (Å²) >= 11 is 0. The third-order valence-corrected chi connectivity index (χ3v) is 7.47. The first kappa shape index (κ1) is 32.3. The highest BCUT2D eigenvalue weighted by Gasteiger charge is 2.17. The second kappa shape index (κ2) is 16.9. The van der Waals surface area contributed by atoms with E-state index in [1.807, 2.05) is 25.1 Å². The highest BCUT2D eigenvalue weighted by Crippen LogP contribution is 2.23. The van der Waals surface area contributed by atoms with Crippen LogP contribution in [0.1, 0.15) is 70.3 Å². The minimum atomic E-state index is -0.179. The van der Waals surface area contributed by atoms with E-state index >= 15 is 0 Å². The molecule has 1 fully saturated rings. The Balaban J connectivity index is 1.74. The molecule has 1 aromatic heterocycles. The van der Waals surface area contributed by atoms with Crippen molar-refractivity contribution in [1.82, 2.24) is 25.5 Å². The molecule has 1 unspecified atom stereocenters. The third-order valence-electron chi connectivity index (χ3n) is 7.47. The highest BCUT2D eigenvalue weighted by molar-refractivity contribution is 5.94. The van der Waals surface area contributed by atoms with E-state index in [1.165, 1.54) is 32.4 Å². The maximum atomic E-state index is 12.9. The quantitative estimate of drug-likeness (QED) is 0.219. The van der Waals surface area contributed by atoms with E-state index in [9.17, 15) is 4.79 Å². The van der Waals surface area contributed by atoms with Crippen molar-refractivity contribution in [1.29, 1.82) is 0 Å². The molecule has 41 heavy (non-hydrogen) atoms. The molecule has 1 aliphatic rings. The van der Waals surface area contributed by atoms with E-state index in [2.05, 4.69) is 58.3 Å². The van der Waals surface area contributed by atoms with E-state index in [-0.39, 0.29) is 11.9 Å². The summed E-state index contributed by atoms with van der Waals surface area (Å²) in [5.74, 6) is 1.55. The maximum Gasteiger partial charge on any atom is 0.271 e. The van der Waals surface area contributed by atoms with Gasteiger partial charge >= 0.3 is 0 Å². The van der Waals surface area contributed by atoms with Crippen LogP contribution in [0.2, 0.25) is 0 Å². The van der Waals surface area contributed by atoms with Crippen molar-refractivity contribution in [3.8, 4) is 0 Å². The Morgan fingerprint density at radius 3 is 2.59 bits per heavy atom. The number of nitrogens with one attached hydrogen (secondary N) is 2. The van der Waals surface area contributed by atoms with E-state index < -0.39 is 0 Å². The van der Waals surface area contributed by atoms with Gasteiger partial charge in [0.15, 0.2) is 0 Å². The molecule has 226 valence electrons. The molecule has 9 nitrogen and oxygen atoms in total. The predicted octanol–water partition coefficient (Wildman–Crippen LogP) is 4.90. The summed E-state index contributed by atoms with van der Waals surface area (Å²) < 4.78 is 11.0. The van der Waals surface area contributed by atoms with E-state index in [0.717, 1.165) is 48.8 Å². The number of aromatic nitrogens is 2. The summed E-state index contributed by atoms with van der Waals surface area (Å²) in [6.45, 7) is 14.0. The molecule has 0 aliphatic carbocycles. The van der Waals surface area contributed by atoms with E-state index in [0.29, 0.717) is 30.2 Å². The monoisotopic (exact) mass is 566 g/mol. The summed E-state index contributed by atoms with van der Waals surface area (Å²) in [7, 11) is 3.37. The number of anilines is 1. The average molecular weight is 567 g/mol. The third kappa shape index (κ3) is 10.6. The van der Waals surface area contributed by atoms with Gasteiger partial charge in [-0.25, -0.2) is 4.98 Å². The lowest BCUT2D eigenvalue weighted by Crippen LogP contribution is -2.39. The largest absolute Gasteiger partial charge is 0.502 e. The number of benzene rings is 1. The van der Waals surface area contributed by atoms with Crippen molar-refractivity contribution in [2.75, 3.05) is 58.4 Å². The second-order valence-corrected chi connectivity index (χ2v) is 11.0. The van der Waals surface area contributed by atoms with Crippen LogP contribution in [0, 0.1) is 0 Å². The Morgan fingerprint density at radius 1 is 1.10 bits per heavy atom. The second-order valence-electron chi connectivity index (χ2n) is 11.0. The summed E-state index contributed by atoms with van der Waals surface area (Å²) in [4.78, 5) is 26.9. The number of carbonyl (C=O) groups is 1. The first-order chi connectivity index (χ1) is 19.8. The topological polar surface area (TPSA) is 91.8 Å². The van der Waals surface area contributed by atoms with Crippen LogP contribution < -0.4 is 15.5 Å². The van der Waals surface area contributed by atoms with Crippen LogP contribution >= 0.6 is 0 Å². The van der Waals surface area contributed by atoms with Crippen LogP contribution in [0.4, 0.5) is 5.69 Å². The number of ether oxygens (including phenoxy) is 2. The Bertz CT molecular complexity index is 1160. The van der Waals surface area contributed by atoms with Gasteiger partial charge in [0.25, 0.3) is 5.91 Å². The first-order valence-electron chi connectivity index (χ1n) is 15.0. The highest BCUT2D eigenvalue weighted by atomic mass is 16.5. The van der Waals surface area contributed by atoms with Crippen molar-refractivity contribution in [2.24, 2.45) is 0 Å². The fourth-order valence-electron chi connectivity index (χ4n) is 5.01. The molecule has 2 N–H and O–H groups in total. The van der Waals surface area contributed by atoms with Crippen LogP contribution in [0.15, 0.2) is 48.1 Å². The number of carbonyl (C=O) groups excluding carboxylic acids is 1. The molecule has 1 aliphatic heterocycles. The van der Waals surface area contributed by atoms with Gasteiger partial charge in [-0.3, -0.25) is 9.78 Å². The van der Waals surface area contributed by atoms with Crippen molar-refractivity contribution in [2.45, 2.75) is 71.9 Å². The number of methoxy groups -OCH3 is 2. The lowest BCUT2D eigenvalue weighted by Gasteiger charge is -2.31. The zero-order chi connectivity index (χ0) is 29.6. The molecule has 3 rings (SSSR count). The van der Waals surface area contributed by atoms with Crippen LogP contribution in [0.3, 0.4) is 0 Å². The van der Waals surface area contributed by atoms with Gasteiger partial charge in [-0.05, 0) is 83.1 Å². The molecule has 0 spiro atoms. The molecular weight excluding hydrogens is 516 g/mol. The maximum absolute atomic E-state index is 12.9. The van der Waals surface area contributed by atoms with Gasteiger partial charge in [0.1, 0.15) is 5.69 Å². The number of nitrogens with zero attached hydrogens (tertiary/aromatic N) is 4. The molecule has 0 radical (unpaired) electrons. The Kier molecular flexibility index (Phi) is 13.4. The minimum Gasteiger partial charge on any atom is -0.502 e. The number of likely N-dealkylation sites (tertiary alicyclic amines) is 1. The van der Waals surface area contributed by atoms with Crippen molar-refractivity contribution in [3.05, 3.63) is 53.8 Å². The normalized spacial score (nSPS) is 15.7. The Labute approximate surface area is 246 Å². The fourth-order valence-corrected chi connectivity index (χ4v) is 5.01. The lowest BCUT2D eigenvalue weighted by atomic mass is 10.1. The summed E-state index contributed by atoms with van der Waals surface area (Å²) in [6, 6.07) is 6.50. The first-order valence-corrected chi connectivity index (χ1v) is 15.0. The number of amides is 1. The predicted molar refractivity (Wildman–Crippen MR) is 167 cm³/mol. The molecule has 9 heteroatoms. The van der Waals surface area contributed by atoms with E-state index in [4.69, 9.17) is 14.5 Å². The molecule has 2 heterocycles. The SMILES string of the molecule is CO/C(C)=C/C/C(=C\C(C)N(CCNC(C)C)c1ccc2ncc(C(=O)NCCCN3CCCCC3)nc2c1)OC. The smallest absolute Gasteiger partial charge is 0.271 e. The van der Waals surface area contributed by atoms with Gasteiger partial charge in [-0.2, -0.15) is 0 Å². The zero-order valence-corrected chi connectivity index (χ0v) is 25.9. The van der Waals surface area contributed by atoms with Gasteiger partial charge < -0.3 is 29.9 Å². The molecule has 2 aromatic rings. The van der Waals surface area contributed by atoms with Crippen molar-refractivity contribution >= 4 is 22.6 Å². The van der Waals surface area contributed by atoms with Crippen LogP contribution in [0.5, 0.6) is 0 Å². The van der Waals surface area contributed by atoms with Crippen LogP contribution in [-0.4, -0.2) is 86.3 Å². The molecule has 1 atom stereocenters. The van der Waals surface area contributed by atoms with Gasteiger partial charge in [-0.15, -0.1) is 0 Å². The van der Waals surface area contributed by atoms with Gasteiger partial charge in [0.05, 0.1) is 43.0 Å². The van der Waals surface area contributed by atoms with Gasteiger partial charge in [0.2, 0.25) is 0 Å². The number of hydrogen-bond donors (Lipinski definition) is 2. The molecule has 0 bridgehead atoms. The number of allylic oxidation sites excluding steroid dienone is 2. The Morgan fingerprint density at radius 2 is 1.88 bits per heavy atom. The van der Waals surface area contributed by atoms with Crippen molar-refractivity contribution in [3.63, 3.8) is 0 Å². The zero-order valence-electron chi connectivity index (χ0n) is 25.9. The number of fused-ring (bicyclic) bond motifs is 1. The Hall–Kier alpha value is -3.17. The number of piperidine rings is 1. The van der Waals surface area contributed by atoms with E-state index in [1.54, 1.807) is 20.4 Å². The van der Waals surface area contributed by atoms with Gasteiger partial charge in [0, 0.05) is 43.8 Å². The molecule has 1 aromatic carbocycles. The summed E-state index contributed by atoms with van der Waals surface area (Å²) in [5.41, 5.74) is 2.82. The molecule has 1 saturated heterocycles. The van der Waals surface area contributed by atoms with Gasteiger partial charge in [-0.1, -0.05) is 20.3 Å². The van der Waals surface area contributed by atoms with Crippen molar-refractivity contribution < 1.29 is 14.3 Å². The summed E-state index contributed by atoms with van der Waals surface area (Å²) in [5, 5.41) is 6.55. The average Bonchev–Trinajstić information content (AvgIpc) is 2.99. The fraction of sp³-hybridized carbons (Fsp3) is 0.594. The molecule has 1 amide bonds. The lowest BCUT2D eigenvalue weighted by molar-refractivity contribution is 0.0946. The molecular formula is C32H50N6O3. The summed E-state index contributed by atoms with van der Waals surface area (Å²) in [6.07, 6.45) is 11.2.